The van der Waals surface area contributed by atoms with Crippen molar-refractivity contribution in [2.45, 2.75) is 31.8 Å². The predicted molar refractivity (Wildman–Crippen MR) is 81.8 cm³/mol. The van der Waals surface area contributed by atoms with E-state index in [9.17, 15) is 9.59 Å². The van der Waals surface area contributed by atoms with Gasteiger partial charge in [0.1, 0.15) is 0 Å². The van der Waals surface area contributed by atoms with Crippen molar-refractivity contribution in [2.75, 3.05) is 25.5 Å². The summed E-state index contributed by atoms with van der Waals surface area (Å²) in [7, 11) is 3.54. The number of imide groups is 1. The minimum atomic E-state index is -0.205. The second-order valence-electron chi connectivity index (χ2n) is 5.95. The average Bonchev–Trinajstić information content (AvgIpc) is 2.71. The topological polar surface area (TPSA) is 52.7 Å². The Morgan fingerprint density at radius 1 is 1.19 bits per heavy atom. The molecule has 2 amide bonds. The molecule has 0 radical (unpaired) electrons. The van der Waals surface area contributed by atoms with E-state index in [0.717, 1.165) is 25.1 Å². The van der Waals surface area contributed by atoms with Crippen LogP contribution < -0.4 is 10.2 Å². The van der Waals surface area contributed by atoms with Gasteiger partial charge < -0.3 is 10.2 Å². The van der Waals surface area contributed by atoms with Crippen LogP contribution in [0.4, 0.5) is 5.69 Å². The quantitative estimate of drug-likeness (QED) is 0.837. The van der Waals surface area contributed by atoms with E-state index in [1.165, 1.54) is 11.9 Å². The Balaban J connectivity index is 1.89. The Morgan fingerprint density at radius 2 is 1.90 bits per heavy atom. The largest absolute Gasteiger partial charge is 0.369 e. The number of rotatable bonds is 2. The molecule has 2 unspecified atom stereocenters. The van der Waals surface area contributed by atoms with Gasteiger partial charge in [-0.25, -0.2) is 0 Å². The summed E-state index contributed by atoms with van der Waals surface area (Å²) in [6.07, 6.45) is 2.17. The summed E-state index contributed by atoms with van der Waals surface area (Å²) in [6, 6.07) is 6.58. The normalized spacial score (nSPS) is 25.5. The number of fused-ring (bicyclic) bond motifs is 1. The fraction of sp³-hybridized carbons (Fsp3) is 0.500. The van der Waals surface area contributed by atoms with E-state index < -0.39 is 0 Å². The van der Waals surface area contributed by atoms with Crippen molar-refractivity contribution >= 4 is 17.5 Å². The number of anilines is 1. The van der Waals surface area contributed by atoms with Crippen molar-refractivity contribution in [3.8, 4) is 0 Å². The number of hydrogen-bond donors (Lipinski definition) is 1. The van der Waals surface area contributed by atoms with Crippen molar-refractivity contribution in [3.63, 3.8) is 0 Å². The molecule has 2 atom stereocenters. The number of piperidine rings is 1. The zero-order valence-corrected chi connectivity index (χ0v) is 12.7. The van der Waals surface area contributed by atoms with Gasteiger partial charge in [-0.2, -0.15) is 0 Å². The summed E-state index contributed by atoms with van der Waals surface area (Å²) in [5.41, 5.74) is 2.08. The van der Waals surface area contributed by atoms with Gasteiger partial charge >= 0.3 is 0 Å². The van der Waals surface area contributed by atoms with Gasteiger partial charge in [0.05, 0.1) is 11.1 Å². The van der Waals surface area contributed by atoms with Crippen LogP contribution in [0.25, 0.3) is 0 Å². The van der Waals surface area contributed by atoms with Gasteiger partial charge in [0, 0.05) is 31.4 Å². The Bertz CT molecular complexity index is 599. The molecule has 112 valence electrons. The third-order valence-electron chi connectivity index (χ3n) is 4.69. The van der Waals surface area contributed by atoms with Crippen LogP contribution in [-0.4, -0.2) is 49.4 Å². The van der Waals surface area contributed by atoms with Crippen molar-refractivity contribution in [3.05, 3.63) is 29.3 Å². The lowest BCUT2D eigenvalue weighted by molar-refractivity contribution is 0.0693. The Kier molecular flexibility index (Phi) is 3.45. The highest BCUT2D eigenvalue weighted by Gasteiger charge is 2.34. The Hall–Kier alpha value is -1.88. The maximum atomic E-state index is 12.1. The molecule has 0 saturated carbocycles. The molecule has 5 heteroatoms. The molecule has 0 aliphatic carbocycles. The van der Waals surface area contributed by atoms with Crippen LogP contribution in [0, 0.1) is 0 Å². The second kappa shape index (κ2) is 5.15. The van der Waals surface area contributed by atoms with Gasteiger partial charge in [0.25, 0.3) is 11.8 Å². The van der Waals surface area contributed by atoms with Crippen LogP contribution in [0.3, 0.4) is 0 Å². The van der Waals surface area contributed by atoms with Crippen LogP contribution >= 0.6 is 0 Å². The number of hydrogen-bond acceptors (Lipinski definition) is 4. The van der Waals surface area contributed by atoms with Crippen LogP contribution in [-0.2, 0) is 0 Å². The third kappa shape index (κ3) is 2.21. The fourth-order valence-corrected chi connectivity index (χ4v) is 3.35. The first-order chi connectivity index (χ1) is 10.0. The molecule has 2 heterocycles. The SMILES string of the molecule is CNC1CCN(c2ccc3c(c2)C(=O)N(C)C3=O)C(C)C1. The van der Waals surface area contributed by atoms with Gasteiger partial charge in [-0.15, -0.1) is 0 Å². The van der Waals surface area contributed by atoms with E-state index in [1.54, 1.807) is 6.07 Å². The molecule has 1 aromatic carbocycles. The molecule has 3 rings (SSSR count). The maximum absolute atomic E-state index is 12.1. The molecule has 1 aromatic rings. The van der Waals surface area contributed by atoms with Crippen LogP contribution in [0.15, 0.2) is 18.2 Å². The van der Waals surface area contributed by atoms with Gasteiger partial charge in [-0.3, -0.25) is 14.5 Å². The molecular weight excluding hydrogens is 266 g/mol. The summed E-state index contributed by atoms with van der Waals surface area (Å²) in [5, 5.41) is 3.33. The minimum Gasteiger partial charge on any atom is -0.369 e. The zero-order chi connectivity index (χ0) is 15.1. The fourth-order valence-electron chi connectivity index (χ4n) is 3.35. The third-order valence-corrected chi connectivity index (χ3v) is 4.69. The number of carbonyl (C=O) groups is 2. The summed E-state index contributed by atoms with van der Waals surface area (Å²) in [4.78, 5) is 27.5. The summed E-state index contributed by atoms with van der Waals surface area (Å²) in [5.74, 6) is -0.405. The summed E-state index contributed by atoms with van der Waals surface area (Å²) < 4.78 is 0. The minimum absolute atomic E-state index is 0.199. The number of benzene rings is 1. The molecule has 2 aliphatic heterocycles. The van der Waals surface area contributed by atoms with E-state index >= 15 is 0 Å². The smallest absolute Gasteiger partial charge is 0.261 e. The Labute approximate surface area is 124 Å². The van der Waals surface area contributed by atoms with Gasteiger partial charge in [-0.1, -0.05) is 0 Å². The van der Waals surface area contributed by atoms with Gasteiger partial charge in [-0.05, 0) is 45.0 Å². The number of carbonyl (C=O) groups excluding carboxylic acids is 2. The van der Waals surface area contributed by atoms with Gasteiger partial charge in [0.2, 0.25) is 0 Å². The average molecular weight is 287 g/mol. The van der Waals surface area contributed by atoms with E-state index in [2.05, 4.69) is 17.1 Å². The molecule has 0 aromatic heterocycles. The highest BCUT2D eigenvalue weighted by atomic mass is 16.2. The first kappa shape index (κ1) is 14.1. The lowest BCUT2D eigenvalue weighted by atomic mass is 9.97. The maximum Gasteiger partial charge on any atom is 0.261 e. The van der Waals surface area contributed by atoms with Crippen molar-refractivity contribution in [1.82, 2.24) is 10.2 Å². The standard InChI is InChI=1S/C16H21N3O2/c1-10-8-11(17-2)6-7-19(10)12-4-5-13-14(9-12)16(21)18(3)15(13)20/h4-5,9-11,17H,6-8H2,1-3H3. The summed E-state index contributed by atoms with van der Waals surface area (Å²) in [6.45, 7) is 3.17. The van der Waals surface area contributed by atoms with Crippen LogP contribution in [0.1, 0.15) is 40.5 Å². The Morgan fingerprint density at radius 3 is 2.57 bits per heavy atom. The van der Waals surface area contributed by atoms with Crippen molar-refractivity contribution < 1.29 is 9.59 Å². The van der Waals surface area contributed by atoms with Gasteiger partial charge in [0.15, 0.2) is 0 Å². The zero-order valence-electron chi connectivity index (χ0n) is 12.7. The highest BCUT2D eigenvalue weighted by molar-refractivity contribution is 6.21. The summed E-state index contributed by atoms with van der Waals surface area (Å²) >= 11 is 0. The molecule has 0 spiro atoms. The van der Waals surface area contributed by atoms with Crippen LogP contribution in [0.5, 0.6) is 0 Å². The lowest BCUT2D eigenvalue weighted by Crippen LogP contribution is -2.46. The second-order valence-corrected chi connectivity index (χ2v) is 5.95. The van der Waals surface area contributed by atoms with Crippen LogP contribution in [0.2, 0.25) is 0 Å². The predicted octanol–water partition coefficient (Wildman–Crippen LogP) is 1.49. The number of nitrogens with one attached hydrogen (secondary N) is 1. The van der Waals surface area contributed by atoms with E-state index in [0.29, 0.717) is 23.2 Å². The number of amides is 2. The van der Waals surface area contributed by atoms with Crippen molar-refractivity contribution in [1.29, 1.82) is 0 Å². The molecule has 1 fully saturated rings. The molecular formula is C16H21N3O2. The number of nitrogens with zero attached hydrogens (tertiary/aromatic N) is 2. The molecule has 0 bridgehead atoms. The van der Waals surface area contributed by atoms with E-state index in [4.69, 9.17) is 0 Å². The molecule has 1 N–H and O–H groups in total. The van der Waals surface area contributed by atoms with E-state index in [-0.39, 0.29) is 11.8 Å². The molecule has 1 saturated heterocycles. The monoisotopic (exact) mass is 287 g/mol. The molecule has 5 nitrogen and oxygen atoms in total. The first-order valence-electron chi connectivity index (χ1n) is 7.43. The highest BCUT2D eigenvalue weighted by Crippen LogP contribution is 2.30. The first-order valence-corrected chi connectivity index (χ1v) is 7.43. The van der Waals surface area contributed by atoms with Crippen molar-refractivity contribution in [2.24, 2.45) is 0 Å². The lowest BCUT2D eigenvalue weighted by Gasteiger charge is -2.39. The molecule has 2 aliphatic rings. The molecule has 21 heavy (non-hydrogen) atoms. The van der Waals surface area contributed by atoms with E-state index in [1.807, 2.05) is 19.2 Å².